The summed E-state index contributed by atoms with van der Waals surface area (Å²) < 4.78 is 5.84. The lowest BCUT2D eigenvalue weighted by atomic mass is 9.72. The van der Waals surface area contributed by atoms with Gasteiger partial charge in [-0.2, -0.15) is 0 Å². The van der Waals surface area contributed by atoms with Gasteiger partial charge in [-0.15, -0.1) is 0 Å². The molecule has 4 aliphatic rings. The number of H-pyrrole nitrogens is 1. The van der Waals surface area contributed by atoms with Crippen molar-refractivity contribution in [1.29, 1.82) is 0 Å². The number of benzene rings is 1. The quantitative estimate of drug-likeness (QED) is 0.862. The Morgan fingerprint density at radius 1 is 1.12 bits per heavy atom. The molecule has 2 aromatic rings. The highest BCUT2D eigenvalue weighted by Crippen LogP contribution is 2.42. The van der Waals surface area contributed by atoms with E-state index >= 15 is 0 Å². The highest BCUT2D eigenvalue weighted by atomic mass is 16.5. The van der Waals surface area contributed by atoms with Crippen molar-refractivity contribution in [1.82, 2.24) is 9.88 Å². The van der Waals surface area contributed by atoms with Crippen LogP contribution in [-0.2, 0) is 9.53 Å². The molecular formula is C19H20N2O3. The van der Waals surface area contributed by atoms with Crippen LogP contribution < -0.4 is 0 Å². The number of Topliss-reactive ketones (excluding diaryl/α,β-unsaturated/α-hetero) is 1. The van der Waals surface area contributed by atoms with E-state index in [0.29, 0.717) is 30.0 Å². The first-order chi connectivity index (χ1) is 11.7. The number of carbonyl (C=O) groups excluding carboxylic acids is 2. The molecule has 5 nitrogen and oxygen atoms in total. The van der Waals surface area contributed by atoms with Crippen LogP contribution in [0.5, 0.6) is 0 Å². The SMILES string of the molecule is O=C(OC1C[C@@H]2CC3C[C@@H](C1)N2CC3=O)c1c[nH]c2ccccc12. The zero-order valence-electron chi connectivity index (χ0n) is 13.4. The second-order valence-corrected chi connectivity index (χ2v) is 7.36. The second-order valence-electron chi connectivity index (χ2n) is 7.36. The summed E-state index contributed by atoms with van der Waals surface area (Å²) in [6.45, 7) is 0.600. The Hall–Kier alpha value is -2.14. The van der Waals surface area contributed by atoms with E-state index in [0.717, 1.165) is 36.6 Å². The molecule has 5 heterocycles. The Kier molecular flexibility index (Phi) is 3.07. The van der Waals surface area contributed by atoms with Gasteiger partial charge in [0.05, 0.1) is 12.1 Å². The third kappa shape index (κ3) is 2.11. The van der Waals surface area contributed by atoms with Crippen LogP contribution in [0.4, 0.5) is 0 Å². The molecule has 0 spiro atoms. The Morgan fingerprint density at radius 2 is 1.88 bits per heavy atom. The largest absolute Gasteiger partial charge is 0.459 e. The van der Waals surface area contributed by atoms with Crippen molar-refractivity contribution < 1.29 is 14.3 Å². The van der Waals surface area contributed by atoms with Gasteiger partial charge in [-0.1, -0.05) is 18.2 Å². The lowest BCUT2D eigenvalue weighted by molar-refractivity contribution is -0.145. The van der Waals surface area contributed by atoms with E-state index in [4.69, 9.17) is 4.74 Å². The van der Waals surface area contributed by atoms with Crippen molar-refractivity contribution in [3.05, 3.63) is 36.0 Å². The number of fused-ring (bicyclic) bond motifs is 2. The summed E-state index contributed by atoms with van der Waals surface area (Å²) in [7, 11) is 0. The predicted molar refractivity (Wildman–Crippen MR) is 88.7 cm³/mol. The molecule has 4 fully saturated rings. The normalized spacial score (nSPS) is 34.5. The summed E-state index contributed by atoms with van der Waals surface area (Å²) in [5.74, 6) is 0.403. The number of carbonyl (C=O) groups is 2. The maximum Gasteiger partial charge on any atom is 0.340 e. The smallest absolute Gasteiger partial charge is 0.340 e. The fourth-order valence-corrected chi connectivity index (χ4v) is 4.87. The van der Waals surface area contributed by atoms with Gasteiger partial charge in [-0.3, -0.25) is 9.69 Å². The lowest BCUT2D eigenvalue weighted by Gasteiger charge is -2.54. The molecule has 1 N–H and O–H groups in total. The predicted octanol–water partition coefficient (Wildman–Crippen LogP) is 2.52. The Morgan fingerprint density at radius 3 is 2.62 bits per heavy atom. The molecule has 6 rings (SSSR count). The zero-order chi connectivity index (χ0) is 16.3. The van der Waals surface area contributed by atoms with Gasteiger partial charge in [0.1, 0.15) is 11.9 Å². The number of nitrogens with zero attached hydrogens (tertiary/aromatic N) is 1. The number of rotatable bonds is 2. The van der Waals surface area contributed by atoms with Gasteiger partial charge >= 0.3 is 5.97 Å². The minimum absolute atomic E-state index is 0.0356. The van der Waals surface area contributed by atoms with Gasteiger partial charge in [0.15, 0.2) is 0 Å². The fraction of sp³-hybridized carbons (Fsp3) is 0.474. The Balaban J connectivity index is 1.33. The van der Waals surface area contributed by atoms with Crippen molar-refractivity contribution >= 4 is 22.7 Å². The lowest BCUT2D eigenvalue weighted by Crippen LogP contribution is -2.63. The number of hydrogen-bond donors (Lipinski definition) is 1. The standard InChI is InChI=1S/C19H20N2O3/c22-18-10-21-12-5-11(18)6-13(21)8-14(7-12)24-19(23)16-9-20-17-4-2-1-3-15(16)17/h1-4,9,11-14,20H,5-8,10H2/t11?,12-,13-,14?/m0/s1. The number of ether oxygens (including phenoxy) is 1. The van der Waals surface area contributed by atoms with Crippen molar-refractivity contribution in [2.24, 2.45) is 5.92 Å². The van der Waals surface area contributed by atoms with Gasteiger partial charge < -0.3 is 9.72 Å². The molecule has 4 bridgehead atoms. The molecule has 4 saturated heterocycles. The summed E-state index contributed by atoms with van der Waals surface area (Å²) >= 11 is 0. The average molecular weight is 324 g/mol. The molecule has 24 heavy (non-hydrogen) atoms. The topological polar surface area (TPSA) is 62.4 Å². The molecule has 1 aromatic heterocycles. The van der Waals surface area contributed by atoms with Gasteiger partial charge in [-0.05, 0) is 18.9 Å². The summed E-state index contributed by atoms with van der Waals surface area (Å²) in [6.07, 6.45) is 5.29. The number of hydrogen-bond acceptors (Lipinski definition) is 4. The van der Waals surface area contributed by atoms with Crippen molar-refractivity contribution in [3.8, 4) is 0 Å². The fourth-order valence-electron chi connectivity index (χ4n) is 4.87. The molecular weight excluding hydrogens is 304 g/mol. The number of aromatic nitrogens is 1. The first kappa shape index (κ1) is 14.2. The van der Waals surface area contributed by atoms with E-state index < -0.39 is 0 Å². The van der Waals surface area contributed by atoms with Crippen molar-refractivity contribution in [3.63, 3.8) is 0 Å². The molecule has 1 aromatic carbocycles. The Bertz CT molecular complexity index is 811. The maximum atomic E-state index is 12.6. The second kappa shape index (κ2) is 5.18. The molecule has 2 atom stereocenters. The molecule has 0 saturated carbocycles. The molecule has 5 heteroatoms. The summed E-state index contributed by atoms with van der Waals surface area (Å²) in [4.78, 5) is 30.0. The Labute approximate surface area is 140 Å². The van der Waals surface area contributed by atoms with E-state index in [-0.39, 0.29) is 18.0 Å². The van der Waals surface area contributed by atoms with E-state index in [1.54, 1.807) is 6.20 Å². The number of ketones is 1. The van der Waals surface area contributed by atoms with Crippen LogP contribution in [0.3, 0.4) is 0 Å². The molecule has 0 unspecified atom stereocenters. The highest BCUT2D eigenvalue weighted by Gasteiger charge is 2.49. The summed E-state index contributed by atoms with van der Waals surface area (Å²) in [5, 5.41) is 0.909. The van der Waals surface area contributed by atoms with Crippen LogP contribution in [0, 0.1) is 5.92 Å². The van der Waals surface area contributed by atoms with Gasteiger partial charge in [0, 0.05) is 47.9 Å². The first-order valence-electron chi connectivity index (χ1n) is 8.74. The molecule has 4 aliphatic heterocycles. The van der Waals surface area contributed by atoms with Crippen molar-refractivity contribution in [2.75, 3.05) is 6.54 Å². The number of para-hydroxylation sites is 1. The molecule has 124 valence electrons. The summed E-state index contributed by atoms with van der Waals surface area (Å²) in [6, 6.07) is 8.58. The van der Waals surface area contributed by atoms with Gasteiger partial charge in [0.25, 0.3) is 0 Å². The van der Waals surface area contributed by atoms with Crippen molar-refractivity contribution in [2.45, 2.75) is 43.9 Å². The molecule has 0 aliphatic carbocycles. The first-order valence-corrected chi connectivity index (χ1v) is 8.74. The van der Waals surface area contributed by atoms with E-state index in [1.165, 1.54) is 0 Å². The van der Waals surface area contributed by atoms with Crippen LogP contribution in [0.1, 0.15) is 36.0 Å². The molecule has 0 radical (unpaired) electrons. The minimum atomic E-state index is -0.242. The van der Waals surface area contributed by atoms with Gasteiger partial charge in [-0.25, -0.2) is 4.79 Å². The van der Waals surface area contributed by atoms with Crippen LogP contribution in [0.2, 0.25) is 0 Å². The van der Waals surface area contributed by atoms with Crippen LogP contribution in [-0.4, -0.2) is 46.4 Å². The average Bonchev–Trinajstić information content (AvgIpc) is 2.99. The van der Waals surface area contributed by atoms with Crippen LogP contribution >= 0.6 is 0 Å². The highest BCUT2D eigenvalue weighted by molar-refractivity contribution is 6.04. The van der Waals surface area contributed by atoms with Gasteiger partial charge in [0.2, 0.25) is 0 Å². The van der Waals surface area contributed by atoms with Crippen LogP contribution in [0.25, 0.3) is 10.9 Å². The molecule has 0 amide bonds. The van der Waals surface area contributed by atoms with E-state index in [2.05, 4.69) is 9.88 Å². The monoisotopic (exact) mass is 324 g/mol. The number of piperidine rings is 4. The van der Waals surface area contributed by atoms with E-state index in [9.17, 15) is 9.59 Å². The third-order valence-electron chi connectivity index (χ3n) is 6.00. The number of esters is 1. The van der Waals surface area contributed by atoms with E-state index in [1.807, 2.05) is 24.3 Å². The summed E-state index contributed by atoms with van der Waals surface area (Å²) in [5.41, 5.74) is 1.56. The zero-order valence-corrected chi connectivity index (χ0v) is 13.4. The maximum absolute atomic E-state index is 12.6. The minimum Gasteiger partial charge on any atom is -0.459 e. The number of nitrogens with one attached hydrogen (secondary N) is 1. The van der Waals surface area contributed by atoms with Crippen LogP contribution in [0.15, 0.2) is 30.5 Å². The third-order valence-corrected chi connectivity index (χ3v) is 6.00. The number of aromatic amines is 1.